The van der Waals surface area contributed by atoms with Crippen LogP contribution in [0.25, 0.3) is 10.2 Å². The Balaban J connectivity index is 1.31. The number of amides is 1. The molecule has 170 valence electrons. The topological polar surface area (TPSA) is 119 Å². The summed E-state index contributed by atoms with van der Waals surface area (Å²) in [6.45, 7) is 1.93. The number of aromatic nitrogens is 2. The minimum Gasteiger partial charge on any atom is -0.494 e. The Kier molecular flexibility index (Phi) is 4.76. The van der Waals surface area contributed by atoms with Gasteiger partial charge >= 0.3 is 0 Å². The summed E-state index contributed by atoms with van der Waals surface area (Å²) >= 11 is 1.68. The number of nitrogens with zero attached hydrogens (tertiary/aromatic N) is 3. The first kappa shape index (κ1) is 20.4. The lowest BCUT2D eigenvalue weighted by atomic mass is 9.87. The first-order valence-electron chi connectivity index (χ1n) is 11.4. The summed E-state index contributed by atoms with van der Waals surface area (Å²) in [4.78, 5) is 26.5. The van der Waals surface area contributed by atoms with Crippen LogP contribution < -0.4 is 21.2 Å². The standard InChI is InChI=1S/C24H26N6O2S/c1-32-19-7-17(26)13(8-25)5-18(19)29-22-21-16-3-2-12(6-20(16)33-23(21)28-11-27-22)24(31)30-9-14-4-15(14)10-30/h5,7-8,11-12,14-15,25H,2-4,6,9-10,26H2,1H3,(H,27,28,29)/p+1/t12-,14?,15?/m0/s1. The molecule has 33 heavy (non-hydrogen) atoms. The highest BCUT2D eigenvalue weighted by Crippen LogP contribution is 2.46. The maximum Gasteiger partial charge on any atom is 0.226 e. The molecule has 0 spiro atoms. The Labute approximate surface area is 195 Å². The summed E-state index contributed by atoms with van der Waals surface area (Å²) in [6.07, 6.45) is 6.88. The predicted octanol–water partition coefficient (Wildman–Crippen LogP) is 1.79. The summed E-state index contributed by atoms with van der Waals surface area (Å²) in [5.41, 5.74) is 9.31. The van der Waals surface area contributed by atoms with Crippen LogP contribution in [0.2, 0.25) is 0 Å². The fraction of sp³-hybridized carbons (Fsp3) is 0.417. The molecule has 2 unspecified atom stereocenters. The fourth-order valence-electron chi connectivity index (χ4n) is 5.40. The zero-order valence-corrected chi connectivity index (χ0v) is 19.3. The second-order valence-electron chi connectivity index (χ2n) is 9.32. The second-order valence-corrected chi connectivity index (χ2v) is 10.4. The van der Waals surface area contributed by atoms with Crippen LogP contribution in [0.4, 0.5) is 17.2 Å². The lowest BCUT2D eigenvalue weighted by molar-refractivity contribution is -0.135. The molecule has 2 aliphatic carbocycles. The average Bonchev–Trinajstić information content (AvgIpc) is 3.26. The van der Waals surface area contributed by atoms with Crippen molar-refractivity contribution in [3.8, 4) is 5.75 Å². The van der Waals surface area contributed by atoms with Crippen molar-refractivity contribution in [3.63, 3.8) is 0 Å². The minimum absolute atomic E-state index is 0.0762. The molecule has 3 aliphatic rings. The normalized spacial score (nSPS) is 23.2. The zero-order valence-electron chi connectivity index (χ0n) is 18.5. The molecule has 1 saturated carbocycles. The van der Waals surface area contributed by atoms with Gasteiger partial charge in [0.25, 0.3) is 0 Å². The van der Waals surface area contributed by atoms with E-state index < -0.39 is 0 Å². The number of methoxy groups -OCH3 is 1. The van der Waals surface area contributed by atoms with Crippen LogP contribution >= 0.6 is 11.3 Å². The zero-order chi connectivity index (χ0) is 22.7. The highest BCUT2D eigenvalue weighted by Gasteiger charge is 2.47. The van der Waals surface area contributed by atoms with Gasteiger partial charge in [0.05, 0.1) is 23.7 Å². The van der Waals surface area contributed by atoms with Gasteiger partial charge in [-0.2, -0.15) is 0 Å². The molecule has 9 heteroatoms. The molecular formula is C24H27N6O2S+. The molecular weight excluding hydrogens is 436 g/mol. The summed E-state index contributed by atoms with van der Waals surface area (Å²) in [5, 5.41) is 10.2. The van der Waals surface area contributed by atoms with Crippen LogP contribution in [-0.4, -0.2) is 47.2 Å². The number of fused-ring (bicyclic) bond motifs is 4. The first-order valence-corrected chi connectivity index (χ1v) is 12.2. The molecule has 6 rings (SSSR count). The number of nitrogens with one attached hydrogen (secondary N) is 1. The number of carbonyl (C=O) groups excluding carboxylic acids is 1. The highest BCUT2D eigenvalue weighted by atomic mass is 32.1. The molecule has 1 aromatic carbocycles. The molecule has 2 aromatic heterocycles. The third-order valence-corrected chi connectivity index (χ3v) is 8.49. The van der Waals surface area contributed by atoms with Crippen molar-refractivity contribution in [2.24, 2.45) is 17.8 Å². The Morgan fingerprint density at radius 2 is 2.15 bits per heavy atom. The van der Waals surface area contributed by atoms with Crippen LogP contribution in [0.15, 0.2) is 18.5 Å². The molecule has 1 aliphatic heterocycles. The van der Waals surface area contributed by atoms with Gasteiger partial charge in [0.2, 0.25) is 5.91 Å². The molecule has 1 saturated heterocycles. The number of hydrogen-bond donors (Lipinski definition) is 3. The van der Waals surface area contributed by atoms with Crippen LogP contribution in [0.3, 0.4) is 0 Å². The van der Waals surface area contributed by atoms with Gasteiger partial charge in [-0.15, -0.1) is 11.3 Å². The first-order chi connectivity index (χ1) is 16.1. The summed E-state index contributed by atoms with van der Waals surface area (Å²) in [7, 11) is 1.61. The van der Waals surface area contributed by atoms with Gasteiger partial charge in [0, 0.05) is 35.6 Å². The number of anilines is 3. The van der Waals surface area contributed by atoms with E-state index in [0.717, 1.165) is 71.5 Å². The maximum atomic E-state index is 13.1. The minimum atomic E-state index is 0.0762. The van der Waals surface area contributed by atoms with Crippen molar-refractivity contribution in [1.82, 2.24) is 14.9 Å². The third kappa shape index (κ3) is 3.42. The van der Waals surface area contributed by atoms with E-state index in [-0.39, 0.29) is 5.92 Å². The Bertz CT molecular complexity index is 1280. The summed E-state index contributed by atoms with van der Waals surface area (Å²) < 4.78 is 5.52. The molecule has 0 radical (unpaired) electrons. The molecule has 3 aromatic rings. The predicted molar refractivity (Wildman–Crippen MR) is 129 cm³/mol. The Hall–Kier alpha value is -3.20. The number of hydrogen-bond acceptors (Lipinski definition) is 7. The molecule has 2 fully saturated rings. The molecule has 3 heterocycles. The van der Waals surface area contributed by atoms with E-state index in [1.54, 1.807) is 30.8 Å². The van der Waals surface area contributed by atoms with E-state index in [9.17, 15) is 4.79 Å². The van der Waals surface area contributed by atoms with Crippen LogP contribution in [0.1, 0.15) is 28.8 Å². The molecule has 0 bridgehead atoms. The molecule has 8 nitrogen and oxygen atoms in total. The van der Waals surface area contributed by atoms with Crippen LogP contribution in [0, 0.1) is 17.8 Å². The number of nitrogen functional groups attached to an aromatic ring is 1. The van der Waals surface area contributed by atoms with Gasteiger partial charge in [-0.05, 0) is 49.1 Å². The number of nitrogens with two attached hydrogens (primary N) is 2. The van der Waals surface area contributed by atoms with E-state index in [2.05, 4.69) is 20.2 Å². The number of benzene rings is 1. The largest absolute Gasteiger partial charge is 0.494 e. The van der Waals surface area contributed by atoms with Gasteiger partial charge in [-0.1, -0.05) is 0 Å². The Morgan fingerprint density at radius 1 is 1.33 bits per heavy atom. The number of aryl methyl sites for hydroxylation is 1. The number of carbonyl (C=O) groups is 1. The maximum absolute atomic E-state index is 13.1. The number of ether oxygens (including phenoxy) is 1. The van der Waals surface area contributed by atoms with Crippen LogP contribution in [0.5, 0.6) is 5.75 Å². The van der Waals surface area contributed by atoms with Crippen LogP contribution in [-0.2, 0) is 17.6 Å². The van der Waals surface area contributed by atoms with Crippen molar-refractivity contribution in [2.75, 3.05) is 31.2 Å². The van der Waals surface area contributed by atoms with Crippen molar-refractivity contribution in [3.05, 3.63) is 34.5 Å². The summed E-state index contributed by atoms with van der Waals surface area (Å²) in [5.74, 6) is 3.29. The fourth-order valence-corrected chi connectivity index (χ4v) is 6.67. The molecule has 1 amide bonds. The highest BCUT2D eigenvalue weighted by molar-refractivity contribution is 7.19. The van der Waals surface area contributed by atoms with E-state index in [4.69, 9.17) is 15.9 Å². The Morgan fingerprint density at radius 3 is 2.91 bits per heavy atom. The monoisotopic (exact) mass is 463 g/mol. The van der Waals surface area contributed by atoms with E-state index in [1.807, 2.05) is 6.07 Å². The quantitative estimate of drug-likeness (QED) is 0.392. The third-order valence-electron chi connectivity index (χ3n) is 7.32. The second kappa shape index (κ2) is 7.69. The lowest BCUT2D eigenvalue weighted by Gasteiger charge is -2.27. The van der Waals surface area contributed by atoms with Crippen molar-refractivity contribution in [2.45, 2.75) is 25.7 Å². The van der Waals surface area contributed by atoms with Crippen molar-refractivity contribution >= 4 is 50.9 Å². The molecule has 3 atom stereocenters. The number of rotatable bonds is 5. The number of piperidine rings is 1. The number of likely N-dealkylation sites (tertiary alicyclic amines) is 1. The smallest absolute Gasteiger partial charge is 0.226 e. The number of thiophene rings is 1. The van der Waals surface area contributed by atoms with Crippen molar-refractivity contribution < 1.29 is 14.9 Å². The van der Waals surface area contributed by atoms with Gasteiger partial charge in [0.15, 0.2) is 6.21 Å². The SMILES string of the molecule is COc1cc(N)c(C=[NH2+])cc1Nc1ncnc2sc3c(c12)CC[C@H](C(=O)N1CC2CC2C1)C3. The van der Waals surface area contributed by atoms with E-state index in [1.165, 1.54) is 23.1 Å². The van der Waals surface area contributed by atoms with E-state index >= 15 is 0 Å². The molecule has 5 N–H and O–H groups in total. The lowest BCUT2D eigenvalue weighted by Crippen LogP contribution is -2.37. The average molecular weight is 464 g/mol. The van der Waals surface area contributed by atoms with Gasteiger partial charge in [-0.3, -0.25) is 10.2 Å². The van der Waals surface area contributed by atoms with Gasteiger partial charge < -0.3 is 20.7 Å². The van der Waals surface area contributed by atoms with E-state index in [0.29, 0.717) is 17.3 Å². The van der Waals surface area contributed by atoms with Gasteiger partial charge in [-0.25, -0.2) is 9.97 Å². The van der Waals surface area contributed by atoms with Gasteiger partial charge in [0.1, 0.15) is 22.7 Å². The van der Waals surface area contributed by atoms with Crippen molar-refractivity contribution in [1.29, 1.82) is 0 Å². The summed E-state index contributed by atoms with van der Waals surface area (Å²) in [6, 6.07) is 3.61.